The van der Waals surface area contributed by atoms with Crippen molar-refractivity contribution in [2.45, 2.75) is 50.9 Å². The molecule has 0 bridgehead atoms. The van der Waals surface area contributed by atoms with Gasteiger partial charge in [-0.25, -0.2) is 4.39 Å². The van der Waals surface area contributed by atoms with Crippen molar-refractivity contribution >= 4 is 0 Å². The van der Waals surface area contributed by atoms with E-state index in [1.54, 1.807) is 6.07 Å². The van der Waals surface area contributed by atoms with E-state index in [4.69, 9.17) is 5.73 Å². The molecule has 0 spiro atoms. The second kappa shape index (κ2) is 6.46. The predicted octanol–water partition coefficient (Wildman–Crippen LogP) is 2.02. The van der Waals surface area contributed by atoms with Gasteiger partial charge >= 0.3 is 0 Å². The highest BCUT2D eigenvalue weighted by molar-refractivity contribution is 5.25. The van der Waals surface area contributed by atoms with Crippen molar-refractivity contribution in [1.82, 2.24) is 4.90 Å². The van der Waals surface area contributed by atoms with Crippen LogP contribution in [0.4, 0.5) is 4.39 Å². The molecule has 2 atom stereocenters. The molecule has 1 fully saturated rings. The summed E-state index contributed by atoms with van der Waals surface area (Å²) in [5, 5.41) is 10.0. The lowest BCUT2D eigenvalue weighted by Crippen LogP contribution is -2.42. The molecule has 2 unspecified atom stereocenters. The molecule has 2 rings (SSSR count). The second-order valence-corrected chi connectivity index (χ2v) is 5.46. The Labute approximate surface area is 114 Å². The van der Waals surface area contributed by atoms with Crippen molar-refractivity contribution in [3.05, 3.63) is 35.1 Å². The first-order valence-electron chi connectivity index (χ1n) is 6.97. The number of nitrogens with two attached hydrogens (primary N) is 1. The Kier molecular flexibility index (Phi) is 4.91. The minimum Gasteiger partial charge on any atom is -0.391 e. The highest BCUT2D eigenvalue weighted by Gasteiger charge is 2.26. The van der Waals surface area contributed by atoms with Gasteiger partial charge in [0.1, 0.15) is 5.82 Å². The van der Waals surface area contributed by atoms with E-state index in [1.807, 2.05) is 13.1 Å². The van der Waals surface area contributed by atoms with Crippen molar-refractivity contribution in [3.63, 3.8) is 0 Å². The van der Waals surface area contributed by atoms with E-state index in [1.165, 1.54) is 12.5 Å². The van der Waals surface area contributed by atoms with E-state index in [0.29, 0.717) is 5.56 Å². The van der Waals surface area contributed by atoms with Crippen LogP contribution in [-0.2, 0) is 13.1 Å². The number of benzene rings is 1. The van der Waals surface area contributed by atoms with E-state index in [9.17, 15) is 9.50 Å². The summed E-state index contributed by atoms with van der Waals surface area (Å²) in [7, 11) is 2.02. The molecule has 1 aliphatic rings. The third-order valence-corrected chi connectivity index (χ3v) is 4.02. The molecule has 0 heterocycles. The standard InChI is InChI=1S/C15H23FN2O/c1-18(14-4-2-3-5-15(14)19)10-11-6-7-13(16)12(8-11)9-17/h6-8,14-15,19H,2-5,9-10,17H2,1H3. The largest absolute Gasteiger partial charge is 0.391 e. The van der Waals surface area contributed by atoms with Crippen LogP contribution in [-0.4, -0.2) is 29.2 Å². The SMILES string of the molecule is CN(Cc1ccc(F)c(CN)c1)C1CCCCC1O. The Bertz CT molecular complexity index is 425. The fourth-order valence-corrected chi connectivity index (χ4v) is 2.89. The van der Waals surface area contributed by atoms with Gasteiger partial charge in [0.2, 0.25) is 0 Å². The topological polar surface area (TPSA) is 49.5 Å². The van der Waals surface area contributed by atoms with Crippen LogP contribution in [0.25, 0.3) is 0 Å². The van der Waals surface area contributed by atoms with Crippen LogP contribution in [0.3, 0.4) is 0 Å². The van der Waals surface area contributed by atoms with Crippen LogP contribution in [0.1, 0.15) is 36.8 Å². The zero-order chi connectivity index (χ0) is 13.8. The van der Waals surface area contributed by atoms with E-state index < -0.39 is 0 Å². The molecule has 106 valence electrons. The van der Waals surface area contributed by atoms with Crippen molar-refractivity contribution in [2.75, 3.05) is 7.05 Å². The molecular weight excluding hydrogens is 243 g/mol. The fraction of sp³-hybridized carbons (Fsp3) is 0.600. The predicted molar refractivity (Wildman–Crippen MR) is 74.0 cm³/mol. The second-order valence-electron chi connectivity index (χ2n) is 5.46. The number of halogens is 1. The van der Waals surface area contributed by atoms with Crippen LogP contribution in [0.5, 0.6) is 0 Å². The Morgan fingerprint density at radius 1 is 1.37 bits per heavy atom. The van der Waals surface area contributed by atoms with E-state index in [0.717, 1.165) is 31.4 Å². The molecule has 4 heteroatoms. The van der Waals surface area contributed by atoms with Crippen molar-refractivity contribution in [2.24, 2.45) is 5.73 Å². The number of rotatable bonds is 4. The maximum atomic E-state index is 13.4. The average Bonchev–Trinajstić information content (AvgIpc) is 2.41. The third kappa shape index (κ3) is 3.53. The summed E-state index contributed by atoms with van der Waals surface area (Å²) in [4.78, 5) is 2.16. The number of hydrogen-bond donors (Lipinski definition) is 2. The average molecular weight is 266 g/mol. The quantitative estimate of drug-likeness (QED) is 0.876. The lowest BCUT2D eigenvalue weighted by atomic mass is 9.91. The molecule has 1 aliphatic carbocycles. The van der Waals surface area contributed by atoms with Crippen LogP contribution < -0.4 is 5.73 Å². The first kappa shape index (κ1) is 14.4. The van der Waals surface area contributed by atoms with Gasteiger partial charge in [-0.05, 0) is 31.5 Å². The van der Waals surface area contributed by atoms with Gasteiger partial charge in [0.25, 0.3) is 0 Å². The number of aliphatic hydroxyl groups is 1. The lowest BCUT2D eigenvalue weighted by Gasteiger charge is -2.35. The van der Waals surface area contributed by atoms with Gasteiger partial charge < -0.3 is 10.8 Å². The monoisotopic (exact) mass is 266 g/mol. The number of hydrogen-bond acceptors (Lipinski definition) is 3. The Morgan fingerprint density at radius 2 is 2.11 bits per heavy atom. The first-order valence-corrected chi connectivity index (χ1v) is 6.97. The summed E-state index contributed by atoms with van der Waals surface area (Å²) < 4.78 is 13.4. The molecule has 0 saturated heterocycles. The van der Waals surface area contributed by atoms with Crippen LogP contribution in [0, 0.1) is 5.82 Å². The molecule has 0 aliphatic heterocycles. The third-order valence-electron chi connectivity index (χ3n) is 4.02. The summed E-state index contributed by atoms with van der Waals surface area (Å²) in [6.45, 7) is 0.935. The van der Waals surface area contributed by atoms with E-state index in [2.05, 4.69) is 4.90 Å². The number of likely N-dealkylation sites (N-methyl/N-ethyl adjacent to an activating group) is 1. The first-order chi connectivity index (χ1) is 9.11. The molecule has 3 nitrogen and oxygen atoms in total. The normalized spacial score (nSPS) is 23.8. The summed E-state index contributed by atoms with van der Waals surface area (Å²) >= 11 is 0. The van der Waals surface area contributed by atoms with Crippen molar-refractivity contribution < 1.29 is 9.50 Å². The van der Waals surface area contributed by atoms with E-state index >= 15 is 0 Å². The van der Waals surface area contributed by atoms with Crippen LogP contribution in [0.15, 0.2) is 18.2 Å². The Balaban J connectivity index is 2.03. The van der Waals surface area contributed by atoms with Crippen molar-refractivity contribution in [3.8, 4) is 0 Å². The van der Waals surface area contributed by atoms with Gasteiger partial charge in [-0.2, -0.15) is 0 Å². The molecular formula is C15H23FN2O. The summed E-state index contributed by atoms with van der Waals surface area (Å²) in [6.07, 6.45) is 3.95. The van der Waals surface area contributed by atoms with Gasteiger partial charge in [0, 0.05) is 24.7 Å². The van der Waals surface area contributed by atoms with Gasteiger partial charge in [-0.15, -0.1) is 0 Å². The molecule has 1 aromatic carbocycles. The highest BCUT2D eigenvalue weighted by atomic mass is 19.1. The highest BCUT2D eigenvalue weighted by Crippen LogP contribution is 2.23. The summed E-state index contributed by atoms with van der Waals surface area (Å²) in [5.74, 6) is -0.244. The maximum Gasteiger partial charge on any atom is 0.127 e. The smallest absolute Gasteiger partial charge is 0.127 e. The Morgan fingerprint density at radius 3 is 2.79 bits per heavy atom. The van der Waals surface area contributed by atoms with Gasteiger partial charge in [0.15, 0.2) is 0 Å². The molecule has 19 heavy (non-hydrogen) atoms. The van der Waals surface area contributed by atoms with Gasteiger partial charge in [-0.1, -0.05) is 25.0 Å². The number of aliphatic hydroxyl groups excluding tert-OH is 1. The minimum atomic E-state index is -0.244. The zero-order valence-corrected chi connectivity index (χ0v) is 11.5. The molecule has 0 radical (unpaired) electrons. The van der Waals surface area contributed by atoms with Gasteiger partial charge in [0.05, 0.1) is 6.10 Å². The van der Waals surface area contributed by atoms with Crippen LogP contribution in [0.2, 0.25) is 0 Å². The van der Waals surface area contributed by atoms with Gasteiger partial charge in [-0.3, -0.25) is 4.90 Å². The summed E-state index contributed by atoms with van der Waals surface area (Å²) in [6, 6.07) is 5.30. The molecule has 0 aromatic heterocycles. The summed E-state index contributed by atoms with van der Waals surface area (Å²) in [5.41, 5.74) is 7.12. The molecule has 1 saturated carbocycles. The Hall–Kier alpha value is -0.970. The van der Waals surface area contributed by atoms with Crippen molar-refractivity contribution in [1.29, 1.82) is 0 Å². The molecule has 1 aromatic rings. The lowest BCUT2D eigenvalue weighted by molar-refractivity contribution is 0.0288. The number of nitrogens with zero attached hydrogens (tertiary/aromatic N) is 1. The van der Waals surface area contributed by atoms with Crippen LogP contribution >= 0.6 is 0 Å². The minimum absolute atomic E-state index is 0.208. The molecule has 3 N–H and O–H groups in total. The maximum absolute atomic E-state index is 13.4. The van der Waals surface area contributed by atoms with E-state index in [-0.39, 0.29) is 24.5 Å². The zero-order valence-electron chi connectivity index (χ0n) is 11.5. The molecule has 0 amide bonds. The fourth-order valence-electron chi connectivity index (χ4n) is 2.89.